The number of nitrogens with zero attached hydrogens (tertiary/aromatic N) is 2. The average molecular weight is 313 g/mol. The van der Waals surface area contributed by atoms with E-state index >= 15 is 0 Å². The molecule has 2 fully saturated rings. The number of halogens is 2. The van der Waals surface area contributed by atoms with Gasteiger partial charge in [-0.05, 0) is 55.8 Å². The summed E-state index contributed by atoms with van der Waals surface area (Å²) in [6.07, 6.45) is 4.35. The van der Waals surface area contributed by atoms with E-state index in [9.17, 15) is 5.21 Å². The fourth-order valence-corrected chi connectivity index (χ4v) is 3.76. The Morgan fingerprint density at radius 1 is 1.25 bits per heavy atom. The molecule has 2 atom stereocenters. The molecule has 108 valence electrons. The van der Waals surface area contributed by atoms with Crippen LogP contribution in [0.25, 0.3) is 0 Å². The van der Waals surface area contributed by atoms with Gasteiger partial charge >= 0.3 is 0 Å². The molecule has 0 aliphatic carbocycles. The summed E-state index contributed by atoms with van der Waals surface area (Å²) < 4.78 is 0. The molecule has 0 aromatic heterocycles. The number of benzene rings is 1. The van der Waals surface area contributed by atoms with E-state index in [-0.39, 0.29) is 0 Å². The zero-order valence-corrected chi connectivity index (χ0v) is 12.7. The largest absolute Gasteiger partial charge is 0.411 e. The first-order valence-corrected chi connectivity index (χ1v) is 7.81. The molecule has 5 heteroatoms. The highest BCUT2D eigenvalue weighted by Crippen LogP contribution is 2.36. The molecule has 1 N–H and O–H groups in total. The smallest absolute Gasteiger partial charge is 0.0716 e. The second-order valence-corrected chi connectivity index (χ2v) is 6.56. The zero-order chi connectivity index (χ0) is 14.1. The molecule has 0 saturated carbocycles. The summed E-state index contributed by atoms with van der Waals surface area (Å²) in [5, 5.41) is 13.9. The van der Waals surface area contributed by atoms with Gasteiger partial charge in [0.25, 0.3) is 0 Å². The van der Waals surface area contributed by atoms with E-state index in [2.05, 4.69) is 10.1 Å². The lowest BCUT2D eigenvalue weighted by atomic mass is 9.88. The standard InChI is InChI=1S/C15H18Cl2N2O/c16-14-4-3-10(8-15(14)17)11-6-12(18-20)9-19-5-1-2-13(19)7-11/h3-4,8,11,13,20H,1-2,5-7,9H2/t11-,13+/m1/s1. The molecule has 3 rings (SSSR count). The molecule has 0 spiro atoms. The van der Waals surface area contributed by atoms with Crippen LogP contribution in [-0.4, -0.2) is 35.0 Å². The van der Waals surface area contributed by atoms with Crippen molar-refractivity contribution in [3.8, 4) is 0 Å². The molecule has 2 heterocycles. The minimum atomic E-state index is 0.351. The molecule has 0 radical (unpaired) electrons. The molecule has 0 bridgehead atoms. The van der Waals surface area contributed by atoms with E-state index < -0.39 is 0 Å². The second kappa shape index (κ2) is 5.92. The minimum Gasteiger partial charge on any atom is -0.411 e. The molecule has 2 saturated heterocycles. The first-order chi connectivity index (χ1) is 9.67. The van der Waals surface area contributed by atoms with Crippen LogP contribution in [0.5, 0.6) is 0 Å². The Kier molecular flexibility index (Phi) is 4.20. The van der Waals surface area contributed by atoms with Crippen molar-refractivity contribution in [3.05, 3.63) is 33.8 Å². The topological polar surface area (TPSA) is 35.8 Å². The van der Waals surface area contributed by atoms with Crippen molar-refractivity contribution in [2.45, 2.75) is 37.6 Å². The first-order valence-electron chi connectivity index (χ1n) is 7.06. The van der Waals surface area contributed by atoms with Gasteiger partial charge in [0.2, 0.25) is 0 Å². The molecule has 0 amide bonds. The maximum absolute atomic E-state index is 9.21. The lowest BCUT2D eigenvalue weighted by Crippen LogP contribution is -2.31. The van der Waals surface area contributed by atoms with E-state index in [0.717, 1.165) is 31.6 Å². The van der Waals surface area contributed by atoms with Crippen molar-refractivity contribution < 1.29 is 5.21 Å². The Balaban J connectivity index is 1.88. The summed E-state index contributed by atoms with van der Waals surface area (Å²) in [7, 11) is 0. The van der Waals surface area contributed by atoms with Crippen molar-refractivity contribution in [2.75, 3.05) is 13.1 Å². The first kappa shape index (κ1) is 14.2. The van der Waals surface area contributed by atoms with Gasteiger partial charge in [-0.25, -0.2) is 0 Å². The molecule has 3 nitrogen and oxygen atoms in total. The molecule has 1 aromatic carbocycles. The van der Waals surface area contributed by atoms with Gasteiger partial charge in [-0.15, -0.1) is 0 Å². The van der Waals surface area contributed by atoms with E-state index in [4.69, 9.17) is 23.2 Å². The maximum atomic E-state index is 9.21. The quantitative estimate of drug-likeness (QED) is 0.624. The zero-order valence-electron chi connectivity index (χ0n) is 11.2. The van der Waals surface area contributed by atoms with E-state index in [1.807, 2.05) is 18.2 Å². The maximum Gasteiger partial charge on any atom is 0.0716 e. The van der Waals surface area contributed by atoms with Crippen LogP contribution in [0.4, 0.5) is 0 Å². The molecule has 2 aliphatic heterocycles. The SMILES string of the molecule is ON=C1C[C@@H](c2ccc(Cl)c(Cl)c2)C[C@@H]2CCCN2C1. The van der Waals surface area contributed by atoms with Crippen LogP contribution in [0.2, 0.25) is 10.0 Å². The number of rotatable bonds is 1. The number of hydrogen-bond acceptors (Lipinski definition) is 3. The van der Waals surface area contributed by atoms with Crippen molar-refractivity contribution in [2.24, 2.45) is 5.16 Å². The van der Waals surface area contributed by atoms with Gasteiger partial charge in [-0.1, -0.05) is 34.4 Å². The molecule has 2 aliphatic rings. The number of fused-ring (bicyclic) bond motifs is 1. The van der Waals surface area contributed by atoms with Gasteiger partial charge in [-0.2, -0.15) is 0 Å². The highest BCUT2D eigenvalue weighted by molar-refractivity contribution is 6.42. The van der Waals surface area contributed by atoms with Gasteiger partial charge in [-0.3, -0.25) is 4.90 Å². The van der Waals surface area contributed by atoms with Gasteiger partial charge in [0, 0.05) is 12.6 Å². The monoisotopic (exact) mass is 312 g/mol. The van der Waals surface area contributed by atoms with Crippen molar-refractivity contribution >= 4 is 28.9 Å². The van der Waals surface area contributed by atoms with Crippen LogP contribution in [0, 0.1) is 0 Å². The molecule has 20 heavy (non-hydrogen) atoms. The van der Waals surface area contributed by atoms with E-state index in [1.165, 1.54) is 18.4 Å². The summed E-state index contributed by atoms with van der Waals surface area (Å²) in [4.78, 5) is 2.44. The third kappa shape index (κ3) is 2.80. The van der Waals surface area contributed by atoms with Gasteiger partial charge in [0.15, 0.2) is 0 Å². The fraction of sp³-hybridized carbons (Fsp3) is 0.533. The lowest BCUT2D eigenvalue weighted by molar-refractivity contribution is 0.271. The third-order valence-electron chi connectivity index (χ3n) is 4.48. The molecule has 1 aromatic rings. The van der Waals surface area contributed by atoms with E-state index in [1.54, 1.807) is 0 Å². The van der Waals surface area contributed by atoms with Crippen LogP contribution in [0.1, 0.15) is 37.2 Å². The van der Waals surface area contributed by atoms with Crippen molar-refractivity contribution in [3.63, 3.8) is 0 Å². The Labute approximate surface area is 129 Å². The Morgan fingerprint density at radius 3 is 2.85 bits per heavy atom. The Bertz CT molecular complexity index is 533. The Hall–Kier alpha value is -0.770. The molecular weight excluding hydrogens is 295 g/mol. The average Bonchev–Trinajstić information content (AvgIpc) is 2.79. The normalized spacial score (nSPS) is 29.4. The van der Waals surface area contributed by atoms with Crippen molar-refractivity contribution in [1.82, 2.24) is 4.90 Å². The minimum absolute atomic E-state index is 0.351. The second-order valence-electron chi connectivity index (χ2n) is 5.74. The summed E-state index contributed by atoms with van der Waals surface area (Å²) in [5.41, 5.74) is 2.06. The van der Waals surface area contributed by atoms with Gasteiger partial charge in [0.05, 0.1) is 15.8 Å². The predicted molar refractivity (Wildman–Crippen MR) is 82.3 cm³/mol. The number of oxime groups is 1. The predicted octanol–water partition coefficient (Wildman–Crippen LogP) is 4.17. The summed E-state index contributed by atoms with van der Waals surface area (Å²) in [6.45, 7) is 1.90. The van der Waals surface area contributed by atoms with Gasteiger partial charge in [0.1, 0.15) is 0 Å². The summed E-state index contributed by atoms with van der Waals surface area (Å²) >= 11 is 12.1. The van der Waals surface area contributed by atoms with Crippen LogP contribution in [0.3, 0.4) is 0 Å². The Morgan fingerprint density at radius 2 is 2.10 bits per heavy atom. The van der Waals surface area contributed by atoms with Gasteiger partial charge < -0.3 is 5.21 Å². The molecular formula is C15H18Cl2N2O. The number of hydrogen-bond donors (Lipinski definition) is 1. The highest BCUT2D eigenvalue weighted by Gasteiger charge is 2.33. The third-order valence-corrected chi connectivity index (χ3v) is 5.22. The van der Waals surface area contributed by atoms with Crippen LogP contribution in [0.15, 0.2) is 23.4 Å². The lowest BCUT2D eigenvalue weighted by Gasteiger charge is -2.23. The summed E-state index contributed by atoms with van der Waals surface area (Å²) in [6, 6.07) is 6.44. The fourth-order valence-electron chi connectivity index (χ4n) is 3.46. The molecule has 0 unspecified atom stereocenters. The summed E-state index contributed by atoms with van der Waals surface area (Å²) in [5.74, 6) is 0.351. The van der Waals surface area contributed by atoms with E-state index in [0.29, 0.717) is 22.0 Å². The van der Waals surface area contributed by atoms with Crippen LogP contribution < -0.4 is 0 Å². The highest BCUT2D eigenvalue weighted by atomic mass is 35.5. The van der Waals surface area contributed by atoms with Crippen LogP contribution >= 0.6 is 23.2 Å². The van der Waals surface area contributed by atoms with Crippen molar-refractivity contribution in [1.29, 1.82) is 0 Å². The van der Waals surface area contributed by atoms with Crippen LogP contribution in [-0.2, 0) is 0 Å².